The summed E-state index contributed by atoms with van der Waals surface area (Å²) in [6, 6.07) is 1.57. The van der Waals surface area contributed by atoms with Crippen LogP contribution in [0.4, 0.5) is 4.39 Å². The largest absolute Gasteiger partial charge is 0.330 e. The Bertz CT molecular complexity index is 319. The predicted molar refractivity (Wildman–Crippen MR) is 53.4 cm³/mol. The lowest BCUT2D eigenvalue weighted by Crippen LogP contribution is -2.32. The molecule has 3 heteroatoms. The van der Waals surface area contributed by atoms with Crippen LogP contribution in [0.2, 0.25) is 0 Å². The molecule has 0 unspecified atom stereocenters. The van der Waals surface area contributed by atoms with E-state index in [0.717, 1.165) is 18.4 Å². The maximum Gasteiger partial charge on any atom is 0.141 e. The first kappa shape index (κ1) is 9.59. The molecule has 1 fully saturated rings. The van der Waals surface area contributed by atoms with Gasteiger partial charge in [-0.3, -0.25) is 4.98 Å². The lowest BCUT2D eigenvalue weighted by Gasteiger charge is -2.27. The van der Waals surface area contributed by atoms with E-state index in [9.17, 15) is 4.39 Å². The Morgan fingerprint density at radius 2 is 2.07 bits per heavy atom. The molecule has 14 heavy (non-hydrogen) atoms. The van der Waals surface area contributed by atoms with E-state index in [1.807, 2.05) is 0 Å². The summed E-state index contributed by atoms with van der Waals surface area (Å²) in [4.78, 5) is 3.89. The molecule has 0 aliphatic heterocycles. The molecule has 0 saturated heterocycles. The molecule has 1 aliphatic carbocycles. The summed E-state index contributed by atoms with van der Waals surface area (Å²) in [5.74, 6) is -0.262. The minimum absolute atomic E-state index is 0.00486. The van der Waals surface area contributed by atoms with Gasteiger partial charge in [-0.1, -0.05) is 12.8 Å². The fraction of sp³-hybridized carbons (Fsp3) is 0.545. The summed E-state index contributed by atoms with van der Waals surface area (Å²) in [5.41, 5.74) is 6.77. The molecule has 0 amide bonds. The third kappa shape index (κ3) is 1.52. The fourth-order valence-electron chi connectivity index (χ4n) is 2.36. The topological polar surface area (TPSA) is 38.9 Å². The van der Waals surface area contributed by atoms with Crippen LogP contribution in [0.15, 0.2) is 18.5 Å². The first-order valence-corrected chi connectivity index (χ1v) is 5.08. The van der Waals surface area contributed by atoms with Crippen molar-refractivity contribution >= 4 is 0 Å². The number of rotatable bonds is 2. The van der Waals surface area contributed by atoms with Crippen molar-refractivity contribution in [3.63, 3.8) is 0 Å². The minimum Gasteiger partial charge on any atom is -0.330 e. The van der Waals surface area contributed by atoms with E-state index in [2.05, 4.69) is 4.98 Å². The molecule has 1 aromatic heterocycles. The Kier molecular flexibility index (Phi) is 2.50. The van der Waals surface area contributed by atoms with Gasteiger partial charge in [0.1, 0.15) is 5.82 Å². The molecular formula is C11H15FN2. The monoisotopic (exact) mass is 194 g/mol. The SMILES string of the molecule is NCC1(c2cncc(F)c2)CCCC1. The highest BCUT2D eigenvalue weighted by Gasteiger charge is 2.34. The third-order valence-corrected chi connectivity index (χ3v) is 3.27. The number of pyridine rings is 1. The average molecular weight is 194 g/mol. The van der Waals surface area contributed by atoms with Gasteiger partial charge in [0.05, 0.1) is 6.20 Å². The molecule has 0 spiro atoms. The van der Waals surface area contributed by atoms with Gasteiger partial charge < -0.3 is 5.73 Å². The Morgan fingerprint density at radius 3 is 2.64 bits per heavy atom. The van der Waals surface area contributed by atoms with Crippen LogP contribution in [0.5, 0.6) is 0 Å². The van der Waals surface area contributed by atoms with E-state index in [1.54, 1.807) is 12.3 Å². The second kappa shape index (κ2) is 3.65. The molecule has 2 rings (SSSR count). The molecule has 0 aromatic carbocycles. The highest BCUT2D eigenvalue weighted by atomic mass is 19.1. The number of halogens is 1. The zero-order chi connectivity index (χ0) is 10.0. The van der Waals surface area contributed by atoms with Gasteiger partial charge in [-0.2, -0.15) is 0 Å². The molecular weight excluding hydrogens is 179 g/mol. The van der Waals surface area contributed by atoms with Crippen molar-refractivity contribution in [2.45, 2.75) is 31.1 Å². The standard InChI is InChI=1S/C11H15FN2/c12-10-5-9(6-14-7-10)11(8-13)3-1-2-4-11/h5-7H,1-4,8,13H2. The molecule has 0 atom stereocenters. The maximum atomic E-state index is 13.0. The quantitative estimate of drug-likeness (QED) is 0.782. The Balaban J connectivity index is 2.35. The summed E-state index contributed by atoms with van der Waals surface area (Å²) in [5, 5.41) is 0. The van der Waals surface area contributed by atoms with Crippen molar-refractivity contribution in [2.75, 3.05) is 6.54 Å². The molecule has 1 aromatic rings. The number of hydrogen-bond acceptors (Lipinski definition) is 2. The van der Waals surface area contributed by atoms with Gasteiger partial charge in [0.25, 0.3) is 0 Å². The van der Waals surface area contributed by atoms with Crippen LogP contribution < -0.4 is 5.73 Å². The highest BCUT2D eigenvalue weighted by Crippen LogP contribution is 2.39. The fourth-order valence-corrected chi connectivity index (χ4v) is 2.36. The maximum absolute atomic E-state index is 13.0. The average Bonchev–Trinajstić information content (AvgIpc) is 2.67. The first-order chi connectivity index (χ1) is 6.77. The van der Waals surface area contributed by atoms with E-state index >= 15 is 0 Å². The van der Waals surface area contributed by atoms with E-state index in [0.29, 0.717) is 6.54 Å². The van der Waals surface area contributed by atoms with Gasteiger partial charge in [0.2, 0.25) is 0 Å². The molecule has 0 bridgehead atoms. The smallest absolute Gasteiger partial charge is 0.141 e. The zero-order valence-electron chi connectivity index (χ0n) is 8.17. The highest BCUT2D eigenvalue weighted by molar-refractivity contribution is 5.24. The van der Waals surface area contributed by atoms with Gasteiger partial charge in [-0.15, -0.1) is 0 Å². The van der Waals surface area contributed by atoms with Crippen molar-refractivity contribution < 1.29 is 4.39 Å². The van der Waals surface area contributed by atoms with Crippen LogP contribution in [-0.2, 0) is 5.41 Å². The van der Waals surface area contributed by atoms with Gasteiger partial charge in [0.15, 0.2) is 0 Å². The lowest BCUT2D eigenvalue weighted by atomic mass is 9.80. The number of nitrogens with zero attached hydrogens (tertiary/aromatic N) is 1. The summed E-state index contributed by atoms with van der Waals surface area (Å²) in [6.07, 6.45) is 7.49. The molecule has 1 heterocycles. The Morgan fingerprint density at radius 1 is 1.36 bits per heavy atom. The normalized spacial score (nSPS) is 19.9. The van der Waals surface area contributed by atoms with Gasteiger partial charge >= 0.3 is 0 Å². The number of aromatic nitrogens is 1. The van der Waals surface area contributed by atoms with E-state index < -0.39 is 0 Å². The van der Waals surface area contributed by atoms with Crippen molar-refractivity contribution in [1.82, 2.24) is 4.98 Å². The van der Waals surface area contributed by atoms with Gasteiger partial charge in [0, 0.05) is 18.2 Å². The van der Waals surface area contributed by atoms with Crippen LogP contribution >= 0.6 is 0 Å². The van der Waals surface area contributed by atoms with Crippen molar-refractivity contribution in [1.29, 1.82) is 0 Å². The van der Waals surface area contributed by atoms with Crippen LogP contribution in [0, 0.1) is 5.82 Å². The van der Waals surface area contributed by atoms with E-state index in [1.165, 1.54) is 19.0 Å². The molecule has 2 nitrogen and oxygen atoms in total. The number of nitrogens with two attached hydrogens (primary N) is 1. The van der Waals surface area contributed by atoms with Crippen LogP contribution in [0.3, 0.4) is 0 Å². The summed E-state index contributed by atoms with van der Waals surface area (Å²) < 4.78 is 13.0. The molecule has 1 aliphatic rings. The Labute approximate surface area is 83.3 Å². The third-order valence-electron chi connectivity index (χ3n) is 3.27. The Hall–Kier alpha value is -0.960. The summed E-state index contributed by atoms with van der Waals surface area (Å²) in [7, 11) is 0. The molecule has 2 N–H and O–H groups in total. The van der Waals surface area contributed by atoms with Crippen molar-refractivity contribution in [2.24, 2.45) is 5.73 Å². The zero-order valence-corrected chi connectivity index (χ0v) is 8.17. The van der Waals surface area contributed by atoms with Crippen LogP contribution in [-0.4, -0.2) is 11.5 Å². The van der Waals surface area contributed by atoms with Gasteiger partial charge in [-0.25, -0.2) is 4.39 Å². The van der Waals surface area contributed by atoms with Crippen molar-refractivity contribution in [3.8, 4) is 0 Å². The van der Waals surface area contributed by atoms with Crippen LogP contribution in [0.25, 0.3) is 0 Å². The predicted octanol–water partition coefficient (Wildman–Crippen LogP) is 1.99. The van der Waals surface area contributed by atoms with Crippen molar-refractivity contribution in [3.05, 3.63) is 29.8 Å². The second-order valence-corrected chi connectivity index (χ2v) is 4.08. The lowest BCUT2D eigenvalue weighted by molar-refractivity contribution is 0.447. The van der Waals surface area contributed by atoms with E-state index in [4.69, 9.17) is 5.73 Å². The van der Waals surface area contributed by atoms with Gasteiger partial charge in [-0.05, 0) is 24.5 Å². The van der Waals surface area contributed by atoms with E-state index in [-0.39, 0.29) is 11.2 Å². The second-order valence-electron chi connectivity index (χ2n) is 4.08. The minimum atomic E-state index is -0.262. The summed E-state index contributed by atoms with van der Waals surface area (Å²) in [6.45, 7) is 0.595. The summed E-state index contributed by atoms with van der Waals surface area (Å²) >= 11 is 0. The van der Waals surface area contributed by atoms with Crippen LogP contribution in [0.1, 0.15) is 31.2 Å². The first-order valence-electron chi connectivity index (χ1n) is 5.08. The molecule has 76 valence electrons. The molecule has 1 saturated carbocycles. The molecule has 0 radical (unpaired) electrons. The number of hydrogen-bond donors (Lipinski definition) is 1.